The Kier molecular flexibility index (Phi) is 6.55. The lowest BCUT2D eigenvalue weighted by molar-refractivity contribution is 0.0371. The number of rotatable bonds is 5. The maximum Gasteiger partial charge on any atom is 0.254 e. The van der Waals surface area contributed by atoms with E-state index in [4.69, 9.17) is 9.47 Å². The first-order valence-electron chi connectivity index (χ1n) is 10.9. The fourth-order valence-electron chi connectivity index (χ4n) is 4.10. The van der Waals surface area contributed by atoms with Crippen LogP contribution in [0.4, 0.5) is 0 Å². The molecule has 0 radical (unpaired) electrons. The second kappa shape index (κ2) is 9.70. The van der Waals surface area contributed by atoms with E-state index >= 15 is 0 Å². The molecule has 33 heavy (non-hydrogen) atoms. The number of nitriles is 1. The number of carbonyl (C=O) groups is 1. The van der Waals surface area contributed by atoms with Gasteiger partial charge in [-0.15, -0.1) is 0 Å². The number of nitrogens with zero attached hydrogens (tertiary/aromatic N) is 4. The molecule has 7 nitrogen and oxygen atoms in total. The monoisotopic (exact) mass is 442 g/mol. The van der Waals surface area contributed by atoms with Gasteiger partial charge in [-0.3, -0.25) is 4.79 Å². The summed E-state index contributed by atoms with van der Waals surface area (Å²) in [5.41, 5.74) is 3.56. The molecule has 1 aliphatic heterocycles. The third kappa shape index (κ3) is 4.65. The van der Waals surface area contributed by atoms with E-state index in [0.29, 0.717) is 35.0 Å². The highest BCUT2D eigenvalue weighted by atomic mass is 16.5. The quantitative estimate of drug-likeness (QED) is 0.582. The molecule has 1 amide bonds. The zero-order valence-corrected chi connectivity index (χ0v) is 19.0. The lowest BCUT2D eigenvalue weighted by Gasteiger charge is -2.38. The fourth-order valence-corrected chi connectivity index (χ4v) is 4.10. The Morgan fingerprint density at radius 3 is 2.70 bits per heavy atom. The topological polar surface area (TPSA) is 88.3 Å². The van der Waals surface area contributed by atoms with Crippen molar-refractivity contribution in [3.8, 4) is 29.0 Å². The Hall–Kier alpha value is -3.92. The predicted molar refractivity (Wildman–Crippen MR) is 124 cm³/mol. The first-order valence-corrected chi connectivity index (χ1v) is 10.9. The summed E-state index contributed by atoms with van der Waals surface area (Å²) < 4.78 is 11.3. The van der Waals surface area contributed by atoms with Gasteiger partial charge in [0.25, 0.3) is 5.91 Å². The van der Waals surface area contributed by atoms with Gasteiger partial charge < -0.3 is 14.4 Å². The number of pyridine rings is 2. The van der Waals surface area contributed by atoms with E-state index in [0.717, 1.165) is 24.0 Å². The minimum atomic E-state index is -0.194. The Bertz CT molecular complexity index is 1190. The number of amides is 1. The standard InChI is InChI=1S/C26H26N4O3/c1-17-8-10-21(33-25-18(2)19(14-27)12-13-28-25)16-30(17)26(31)23-7-5-4-6-22(23)20-9-11-24(32-3)29-15-20/h4-7,9,11-13,15,17,21H,8,10,16H2,1-3H3/t17-,21-/m1/s1. The van der Waals surface area contributed by atoms with E-state index < -0.39 is 0 Å². The maximum atomic E-state index is 13.7. The van der Waals surface area contributed by atoms with Gasteiger partial charge in [-0.1, -0.05) is 18.2 Å². The smallest absolute Gasteiger partial charge is 0.254 e. The van der Waals surface area contributed by atoms with Gasteiger partial charge in [-0.2, -0.15) is 5.26 Å². The minimum Gasteiger partial charge on any atom is -0.481 e. The molecule has 0 N–H and O–H groups in total. The number of methoxy groups -OCH3 is 1. The number of benzene rings is 1. The van der Waals surface area contributed by atoms with E-state index in [1.54, 1.807) is 31.6 Å². The number of ether oxygens (including phenoxy) is 2. The number of likely N-dealkylation sites (tertiary alicyclic amines) is 1. The Labute approximate surface area is 193 Å². The summed E-state index contributed by atoms with van der Waals surface area (Å²) in [6.45, 7) is 4.34. The number of hydrogen-bond donors (Lipinski definition) is 0. The van der Waals surface area contributed by atoms with Crippen LogP contribution in [0.5, 0.6) is 11.8 Å². The summed E-state index contributed by atoms with van der Waals surface area (Å²) in [6.07, 6.45) is 4.73. The normalized spacial score (nSPS) is 17.8. The zero-order chi connectivity index (χ0) is 23.4. The summed E-state index contributed by atoms with van der Waals surface area (Å²) in [7, 11) is 1.57. The van der Waals surface area contributed by atoms with Gasteiger partial charge in [0.2, 0.25) is 11.8 Å². The third-order valence-corrected chi connectivity index (χ3v) is 6.07. The van der Waals surface area contributed by atoms with Crippen LogP contribution < -0.4 is 9.47 Å². The SMILES string of the molecule is COc1ccc(-c2ccccc2C(=O)N2C[C@H](Oc3nccc(C#N)c3C)CC[C@H]2C)cn1. The molecule has 0 bridgehead atoms. The van der Waals surface area contributed by atoms with Gasteiger partial charge in [0.1, 0.15) is 6.10 Å². The van der Waals surface area contributed by atoms with Crippen molar-refractivity contribution in [2.75, 3.05) is 13.7 Å². The lowest BCUT2D eigenvalue weighted by Crippen LogP contribution is -2.49. The molecule has 1 saturated heterocycles. The molecule has 1 aliphatic rings. The second-order valence-electron chi connectivity index (χ2n) is 8.16. The Morgan fingerprint density at radius 2 is 1.97 bits per heavy atom. The van der Waals surface area contributed by atoms with Crippen LogP contribution >= 0.6 is 0 Å². The first kappa shape index (κ1) is 22.3. The van der Waals surface area contributed by atoms with Crippen molar-refractivity contribution in [1.29, 1.82) is 5.26 Å². The fraction of sp³-hybridized carbons (Fsp3) is 0.308. The lowest BCUT2D eigenvalue weighted by atomic mass is 9.96. The van der Waals surface area contributed by atoms with Crippen molar-refractivity contribution >= 4 is 5.91 Å². The van der Waals surface area contributed by atoms with Crippen LogP contribution in [-0.4, -0.2) is 46.6 Å². The summed E-state index contributed by atoms with van der Waals surface area (Å²) in [5.74, 6) is 0.931. The Balaban J connectivity index is 1.57. The van der Waals surface area contributed by atoms with Crippen molar-refractivity contribution in [3.63, 3.8) is 0 Å². The Morgan fingerprint density at radius 1 is 1.15 bits per heavy atom. The van der Waals surface area contributed by atoms with Crippen molar-refractivity contribution in [3.05, 3.63) is 71.5 Å². The van der Waals surface area contributed by atoms with Crippen molar-refractivity contribution < 1.29 is 14.3 Å². The average Bonchev–Trinajstić information content (AvgIpc) is 2.86. The van der Waals surface area contributed by atoms with Crippen LogP contribution in [-0.2, 0) is 0 Å². The van der Waals surface area contributed by atoms with Crippen LogP contribution in [0.25, 0.3) is 11.1 Å². The van der Waals surface area contributed by atoms with Crippen LogP contribution in [0.1, 0.15) is 41.3 Å². The van der Waals surface area contributed by atoms with Crippen LogP contribution in [0, 0.1) is 18.3 Å². The van der Waals surface area contributed by atoms with Gasteiger partial charge >= 0.3 is 0 Å². The number of carbonyl (C=O) groups excluding carboxylic acids is 1. The minimum absolute atomic E-state index is 0.0438. The van der Waals surface area contributed by atoms with E-state index in [-0.39, 0.29) is 18.1 Å². The predicted octanol–water partition coefficient (Wildman–Crippen LogP) is 4.40. The first-order chi connectivity index (χ1) is 16.0. The van der Waals surface area contributed by atoms with E-state index in [1.807, 2.05) is 42.2 Å². The number of aromatic nitrogens is 2. The molecule has 1 fully saturated rings. The number of hydrogen-bond acceptors (Lipinski definition) is 6. The molecule has 3 heterocycles. The van der Waals surface area contributed by atoms with Gasteiger partial charge in [-0.25, -0.2) is 9.97 Å². The van der Waals surface area contributed by atoms with E-state index in [9.17, 15) is 10.1 Å². The third-order valence-electron chi connectivity index (χ3n) is 6.07. The van der Waals surface area contributed by atoms with Gasteiger partial charge in [0.15, 0.2) is 0 Å². The van der Waals surface area contributed by atoms with Crippen LogP contribution in [0.15, 0.2) is 54.9 Å². The highest BCUT2D eigenvalue weighted by Gasteiger charge is 2.32. The molecule has 0 aliphatic carbocycles. The molecular formula is C26H26N4O3. The van der Waals surface area contributed by atoms with Gasteiger partial charge in [-0.05, 0) is 50.5 Å². The van der Waals surface area contributed by atoms with Crippen molar-refractivity contribution in [2.24, 2.45) is 0 Å². The molecule has 1 aromatic carbocycles. The largest absolute Gasteiger partial charge is 0.481 e. The van der Waals surface area contributed by atoms with Gasteiger partial charge in [0.05, 0.1) is 25.3 Å². The molecule has 3 aromatic rings. The highest BCUT2D eigenvalue weighted by Crippen LogP contribution is 2.29. The summed E-state index contributed by atoms with van der Waals surface area (Å²) in [4.78, 5) is 24.1. The average molecular weight is 443 g/mol. The molecule has 2 atom stereocenters. The summed E-state index contributed by atoms with van der Waals surface area (Å²) >= 11 is 0. The van der Waals surface area contributed by atoms with Crippen LogP contribution in [0.3, 0.4) is 0 Å². The van der Waals surface area contributed by atoms with Gasteiger partial charge in [0, 0.05) is 41.2 Å². The second-order valence-corrected chi connectivity index (χ2v) is 8.16. The van der Waals surface area contributed by atoms with Crippen molar-refractivity contribution in [1.82, 2.24) is 14.9 Å². The highest BCUT2D eigenvalue weighted by molar-refractivity contribution is 6.01. The molecule has 4 rings (SSSR count). The molecule has 168 valence electrons. The zero-order valence-electron chi connectivity index (χ0n) is 19.0. The molecule has 0 spiro atoms. The molecule has 0 saturated carbocycles. The molecule has 7 heteroatoms. The summed E-state index contributed by atoms with van der Waals surface area (Å²) in [5, 5.41) is 9.28. The van der Waals surface area contributed by atoms with E-state index in [2.05, 4.69) is 23.0 Å². The number of piperidine rings is 1. The molecule has 0 unspecified atom stereocenters. The summed E-state index contributed by atoms with van der Waals surface area (Å²) in [6, 6.07) is 15.2. The van der Waals surface area contributed by atoms with E-state index in [1.165, 1.54) is 0 Å². The molecule has 2 aromatic heterocycles. The maximum absolute atomic E-state index is 13.7. The molecular weight excluding hydrogens is 416 g/mol. The van der Waals surface area contributed by atoms with Crippen molar-refractivity contribution in [2.45, 2.75) is 38.8 Å². The van der Waals surface area contributed by atoms with Crippen LogP contribution in [0.2, 0.25) is 0 Å².